The van der Waals surface area contributed by atoms with Gasteiger partial charge in [0.1, 0.15) is 0 Å². The van der Waals surface area contributed by atoms with Gasteiger partial charge in [-0.1, -0.05) is 31.4 Å². The maximum absolute atomic E-state index is 12.2. The van der Waals surface area contributed by atoms with Crippen molar-refractivity contribution in [2.45, 2.75) is 43.9 Å². The third-order valence-electron chi connectivity index (χ3n) is 4.77. The molecule has 0 radical (unpaired) electrons. The lowest BCUT2D eigenvalue weighted by Gasteiger charge is -2.28. The first-order valence-electron chi connectivity index (χ1n) is 7.65. The quantitative estimate of drug-likeness (QED) is 0.617. The van der Waals surface area contributed by atoms with Gasteiger partial charge >= 0.3 is 0 Å². The Kier molecular flexibility index (Phi) is 4.03. The van der Waals surface area contributed by atoms with E-state index in [1.807, 2.05) is 18.2 Å². The van der Waals surface area contributed by atoms with E-state index in [0.717, 1.165) is 24.0 Å². The van der Waals surface area contributed by atoms with E-state index in [0.29, 0.717) is 17.9 Å². The van der Waals surface area contributed by atoms with Crippen molar-refractivity contribution in [3.05, 3.63) is 34.9 Å². The van der Waals surface area contributed by atoms with Gasteiger partial charge in [0.2, 0.25) is 5.91 Å². The Labute approximate surface area is 130 Å². The van der Waals surface area contributed by atoms with Crippen LogP contribution in [-0.2, 0) is 11.2 Å². The van der Waals surface area contributed by atoms with Crippen molar-refractivity contribution in [2.24, 2.45) is 5.92 Å². The van der Waals surface area contributed by atoms with E-state index in [9.17, 15) is 9.59 Å². The summed E-state index contributed by atoms with van der Waals surface area (Å²) in [5, 5.41) is -0.0358. The van der Waals surface area contributed by atoms with Gasteiger partial charge in [-0.3, -0.25) is 14.5 Å². The largest absolute Gasteiger partial charge is 0.281 e. The van der Waals surface area contributed by atoms with Crippen molar-refractivity contribution in [1.29, 1.82) is 0 Å². The first kappa shape index (κ1) is 14.6. The number of amides is 2. The van der Waals surface area contributed by atoms with E-state index in [2.05, 4.69) is 0 Å². The minimum Gasteiger partial charge on any atom is -0.281 e. The van der Waals surface area contributed by atoms with Crippen molar-refractivity contribution in [1.82, 2.24) is 4.90 Å². The van der Waals surface area contributed by atoms with Crippen LogP contribution in [0.1, 0.15) is 59.0 Å². The van der Waals surface area contributed by atoms with E-state index >= 15 is 0 Å². The Balaban J connectivity index is 1.88. The molecule has 3 nitrogen and oxygen atoms in total. The van der Waals surface area contributed by atoms with Gasteiger partial charge in [0.25, 0.3) is 5.91 Å². The second kappa shape index (κ2) is 5.80. The highest BCUT2D eigenvalue weighted by Crippen LogP contribution is 2.39. The Morgan fingerprint density at radius 1 is 1.19 bits per heavy atom. The topological polar surface area (TPSA) is 37.4 Å². The average molecular weight is 306 g/mol. The van der Waals surface area contributed by atoms with Gasteiger partial charge < -0.3 is 0 Å². The lowest BCUT2D eigenvalue weighted by molar-refractivity contribution is -0.127. The lowest BCUT2D eigenvalue weighted by Crippen LogP contribution is -2.39. The summed E-state index contributed by atoms with van der Waals surface area (Å²) < 4.78 is 0. The maximum atomic E-state index is 12.2. The molecule has 1 aromatic carbocycles. The van der Waals surface area contributed by atoms with Gasteiger partial charge in [-0.15, -0.1) is 11.6 Å². The molecule has 1 aliphatic heterocycles. The van der Waals surface area contributed by atoms with Crippen molar-refractivity contribution in [2.75, 3.05) is 7.05 Å². The summed E-state index contributed by atoms with van der Waals surface area (Å²) in [6.07, 6.45) is 6.42. The molecule has 1 unspecified atom stereocenters. The number of fused-ring (bicyclic) bond motifs is 1. The second-order valence-corrected chi connectivity index (χ2v) is 6.62. The van der Waals surface area contributed by atoms with Crippen LogP contribution in [0.5, 0.6) is 0 Å². The summed E-state index contributed by atoms with van der Waals surface area (Å²) in [6.45, 7) is 0. The Bertz CT molecular complexity index is 578. The Morgan fingerprint density at radius 3 is 2.62 bits per heavy atom. The van der Waals surface area contributed by atoms with Crippen LogP contribution in [0.25, 0.3) is 0 Å². The molecule has 1 atom stereocenters. The number of benzene rings is 1. The second-order valence-electron chi connectivity index (χ2n) is 6.15. The number of halogens is 1. The monoisotopic (exact) mass is 305 g/mol. The molecule has 0 saturated heterocycles. The number of carbonyl (C=O) groups excluding carboxylic acids is 2. The zero-order chi connectivity index (χ0) is 15.0. The summed E-state index contributed by atoms with van der Waals surface area (Å²) in [5.74, 6) is 0.141. The SMILES string of the molecule is CN1C(=O)Cc2ccc(C(Cl)C3CCCCC3)cc2C1=O. The molecule has 0 spiro atoms. The van der Waals surface area contributed by atoms with Crippen LogP contribution in [0.3, 0.4) is 0 Å². The van der Waals surface area contributed by atoms with E-state index in [-0.39, 0.29) is 17.2 Å². The Hall–Kier alpha value is -1.35. The van der Waals surface area contributed by atoms with Crippen LogP contribution in [0.15, 0.2) is 18.2 Å². The summed E-state index contributed by atoms with van der Waals surface area (Å²) in [6, 6.07) is 5.77. The molecule has 1 aliphatic carbocycles. The molecule has 21 heavy (non-hydrogen) atoms. The first-order valence-corrected chi connectivity index (χ1v) is 8.09. The number of imide groups is 1. The smallest absolute Gasteiger partial charge is 0.260 e. The van der Waals surface area contributed by atoms with Gasteiger partial charge in [0.05, 0.1) is 11.8 Å². The number of hydrogen-bond donors (Lipinski definition) is 0. The van der Waals surface area contributed by atoms with Gasteiger partial charge in [0.15, 0.2) is 0 Å². The summed E-state index contributed by atoms with van der Waals surface area (Å²) in [7, 11) is 1.54. The van der Waals surface area contributed by atoms with Crippen LogP contribution in [0.2, 0.25) is 0 Å². The zero-order valence-electron chi connectivity index (χ0n) is 12.3. The number of nitrogens with zero attached hydrogens (tertiary/aromatic N) is 1. The molecule has 4 heteroatoms. The van der Waals surface area contributed by atoms with Crippen molar-refractivity contribution in [3.8, 4) is 0 Å². The zero-order valence-corrected chi connectivity index (χ0v) is 13.0. The van der Waals surface area contributed by atoms with Crippen LogP contribution < -0.4 is 0 Å². The van der Waals surface area contributed by atoms with Gasteiger partial charge in [-0.2, -0.15) is 0 Å². The van der Waals surface area contributed by atoms with E-state index in [4.69, 9.17) is 11.6 Å². The van der Waals surface area contributed by atoms with E-state index < -0.39 is 0 Å². The summed E-state index contributed by atoms with van der Waals surface area (Å²) in [4.78, 5) is 25.2. The predicted molar refractivity (Wildman–Crippen MR) is 82.4 cm³/mol. The Morgan fingerprint density at radius 2 is 1.90 bits per heavy atom. The lowest BCUT2D eigenvalue weighted by atomic mass is 9.83. The number of hydrogen-bond acceptors (Lipinski definition) is 2. The van der Waals surface area contributed by atoms with Crippen molar-refractivity contribution in [3.63, 3.8) is 0 Å². The maximum Gasteiger partial charge on any atom is 0.260 e. The molecular formula is C17H20ClNO2. The normalized spacial score (nSPS) is 21.3. The van der Waals surface area contributed by atoms with Crippen molar-refractivity contribution < 1.29 is 9.59 Å². The fraction of sp³-hybridized carbons (Fsp3) is 0.529. The third kappa shape index (κ3) is 2.71. The first-order chi connectivity index (χ1) is 10.1. The van der Waals surface area contributed by atoms with Gasteiger partial charge in [-0.25, -0.2) is 0 Å². The molecule has 1 saturated carbocycles. The van der Waals surface area contributed by atoms with Crippen LogP contribution in [0.4, 0.5) is 0 Å². The predicted octanol–water partition coefficient (Wildman–Crippen LogP) is 3.70. The molecule has 1 aromatic rings. The fourth-order valence-electron chi connectivity index (χ4n) is 3.39. The van der Waals surface area contributed by atoms with Crippen LogP contribution >= 0.6 is 11.6 Å². The molecule has 2 amide bonds. The number of alkyl halides is 1. The molecule has 1 heterocycles. The number of rotatable bonds is 2. The highest BCUT2D eigenvalue weighted by molar-refractivity contribution is 6.21. The minimum absolute atomic E-state index is 0.0358. The van der Waals surface area contributed by atoms with Crippen molar-refractivity contribution >= 4 is 23.4 Å². The van der Waals surface area contributed by atoms with E-state index in [1.54, 1.807) is 7.05 Å². The fourth-order valence-corrected chi connectivity index (χ4v) is 3.78. The molecule has 0 bridgehead atoms. The average Bonchev–Trinajstić information content (AvgIpc) is 2.53. The van der Waals surface area contributed by atoms with Crippen LogP contribution in [0, 0.1) is 5.92 Å². The summed E-state index contributed by atoms with van der Waals surface area (Å²) in [5.41, 5.74) is 2.47. The third-order valence-corrected chi connectivity index (χ3v) is 5.38. The number of likely N-dealkylation sites (N-methyl/N-ethyl adjacent to an activating group) is 1. The van der Waals surface area contributed by atoms with Gasteiger partial charge in [0, 0.05) is 12.6 Å². The standard InChI is InChI=1S/C17H20ClNO2/c1-19-15(20)10-12-7-8-13(9-14(12)17(19)21)16(18)11-5-3-2-4-6-11/h7-9,11,16H,2-6,10H2,1H3. The number of carbonyl (C=O) groups is 2. The molecular weight excluding hydrogens is 286 g/mol. The minimum atomic E-state index is -0.212. The molecule has 2 aliphatic rings. The highest BCUT2D eigenvalue weighted by Gasteiger charge is 2.30. The molecule has 0 aromatic heterocycles. The molecule has 1 fully saturated rings. The van der Waals surface area contributed by atoms with Crippen LogP contribution in [-0.4, -0.2) is 23.8 Å². The van der Waals surface area contributed by atoms with Gasteiger partial charge in [-0.05, 0) is 36.0 Å². The summed E-state index contributed by atoms with van der Waals surface area (Å²) >= 11 is 6.65. The highest BCUT2D eigenvalue weighted by atomic mass is 35.5. The molecule has 3 rings (SSSR count). The molecule has 0 N–H and O–H groups in total. The van der Waals surface area contributed by atoms with E-state index in [1.165, 1.54) is 24.2 Å². The molecule has 112 valence electrons.